The maximum Gasteiger partial charge on any atom is 0.314 e. The zero-order valence-electron chi connectivity index (χ0n) is 14.9. The van der Waals surface area contributed by atoms with Gasteiger partial charge in [0.25, 0.3) is 0 Å². The molecule has 3 rings (SSSR count). The molecular weight excluding hydrogens is 328 g/mol. The molecular formula is C21H24N2O3. The van der Waals surface area contributed by atoms with Crippen LogP contribution in [0.3, 0.4) is 0 Å². The molecule has 0 spiro atoms. The molecule has 3 N–H and O–H groups in total. The number of nitrogens with one attached hydrogen (secondary N) is 2. The molecule has 5 heteroatoms. The SMILES string of the molecule is CC(O)(CNC(=O)NCCCc1ccccc1)c1cc2ccccc2o1. The van der Waals surface area contributed by atoms with Crippen LogP contribution in [-0.4, -0.2) is 24.2 Å². The molecule has 0 saturated carbocycles. The second-order valence-electron chi connectivity index (χ2n) is 6.62. The molecule has 0 saturated heterocycles. The fourth-order valence-electron chi connectivity index (χ4n) is 2.79. The second-order valence-corrected chi connectivity index (χ2v) is 6.62. The van der Waals surface area contributed by atoms with Crippen LogP contribution in [0.5, 0.6) is 0 Å². The van der Waals surface area contributed by atoms with Gasteiger partial charge in [0.05, 0.1) is 6.54 Å². The number of furan rings is 1. The van der Waals surface area contributed by atoms with Crippen molar-refractivity contribution in [2.45, 2.75) is 25.4 Å². The van der Waals surface area contributed by atoms with Crippen LogP contribution in [0.1, 0.15) is 24.7 Å². The quantitative estimate of drug-likeness (QED) is 0.569. The van der Waals surface area contributed by atoms with E-state index in [0.29, 0.717) is 17.9 Å². The van der Waals surface area contributed by atoms with Gasteiger partial charge in [-0.2, -0.15) is 0 Å². The zero-order valence-corrected chi connectivity index (χ0v) is 14.9. The van der Waals surface area contributed by atoms with Crippen molar-refractivity contribution in [1.82, 2.24) is 10.6 Å². The highest BCUT2D eigenvalue weighted by Gasteiger charge is 2.28. The fourth-order valence-corrected chi connectivity index (χ4v) is 2.79. The molecule has 26 heavy (non-hydrogen) atoms. The maximum absolute atomic E-state index is 11.9. The summed E-state index contributed by atoms with van der Waals surface area (Å²) in [5, 5.41) is 17.1. The number of aryl methyl sites for hydroxylation is 1. The standard InChI is InChI=1S/C21H24N2O3/c1-21(25,19-14-17-11-5-6-12-18(17)26-19)15-23-20(24)22-13-7-10-16-8-3-2-4-9-16/h2-6,8-9,11-12,14,25H,7,10,13,15H2,1H3,(H2,22,23,24). The van der Waals surface area contributed by atoms with Gasteiger partial charge in [0.1, 0.15) is 16.9 Å². The molecule has 2 amide bonds. The number of hydrogen-bond acceptors (Lipinski definition) is 3. The highest BCUT2D eigenvalue weighted by atomic mass is 16.4. The van der Waals surface area contributed by atoms with Gasteiger partial charge in [-0.15, -0.1) is 0 Å². The number of carbonyl (C=O) groups excluding carboxylic acids is 1. The largest absolute Gasteiger partial charge is 0.458 e. The van der Waals surface area contributed by atoms with E-state index in [1.807, 2.05) is 42.5 Å². The van der Waals surface area contributed by atoms with Gasteiger partial charge in [0.2, 0.25) is 0 Å². The summed E-state index contributed by atoms with van der Waals surface area (Å²) in [5.41, 5.74) is 0.691. The van der Waals surface area contributed by atoms with Gasteiger partial charge in [0, 0.05) is 11.9 Å². The fraction of sp³-hybridized carbons (Fsp3) is 0.286. The van der Waals surface area contributed by atoms with E-state index in [-0.39, 0.29) is 12.6 Å². The molecule has 0 bridgehead atoms. The highest BCUT2D eigenvalue weighted by molar-refractivity contribution is 5.78. The molecule has 0 fully saturated rings. The monoisotopic (exact) mass is 352 g/mol. The van der Waals surface area contributed by atoms with Crippen LogP contribution in [0.15, 0.2) is 65.1 Å². The van der Waals surface area contributed by atoms with Gasteiger partial charge in [-0.1, -0.05) is 48.5 Å². The third-order valence-corrected chi connectivity index (χ3v) is 4.32. The summed E-state index contributed by atoms with van der Waals surface area (Å²) in [6.07, 6.45) is 1.77. The van der Waals surface area contributed by atoms with Gasteiger partial charge in [-0.3, -0.25) is 0 Å². The molecule has 1 aromatic heterocycles. The first kappa shape index (κ1) is 18.0. The molecule has 136 valence electrons. The Hall–Kier alpha value is -2.79. The molecule has 5 nitrogen and oxygen atoms in total. The first-order valence-electron chi connectivity index (χ1n) is 8.82. The summed E-state index contributed by atoms with van der Waals surface area (Å²) in [6.45, 7) is 2.27. The van der Waals surface area contributed by atoms with E-state index >= 15 is 0 Å². The third kappa shape index (κ3) is 4.64. The number of urea groups is 1. The third-order valence-electron chi connectivity index (χ3n) is 4.32. The first-order chi connectivity index (χ1) is 12.5. The van der Waals surface area contributed by atoms with Crippen molar-refractivity contribution in [2.24, 2.45) is 0 Å². The number of aliphatic hydroxyl groups is 1. The predicted molar refractivity (Wildman–Crippen MR) is 102 cm³/mol. The number of carbonyl (C=O) groups is 1. The van der Waals surface area contributed by atoms with E-state index in [1.54, 1.807) is 13.0 Å². The van der Waals surface area contributed by atoms with Crippen molar-refractivity contribution in [3.8, 4) is 0 Å². The van der Waals surface area contributed by atoms with Crippen LogP contribution in [-0.2, 0) is 12.0 Å². The second kappa shape index (κ2) is 8.06. The van der Waals surface area contributed by atoms with Crippen LogP contribution in [0.4, 0.5) is 4.79 Å². The lowest BCUT2D eigenvalue weighted by atomic mass is 10.0. The number of benzene rings is 2. The highest BCUT2D eigenvalue weighted by Crippen LogP contribution is 2.27. The van der Waals surface area contributed by atoms with Crippen LogP contribution in [0, 0.1) is 0 Å². The Morgan fingerprint density at radius 3 is 2.58 bits per heavy atom. The van der Waals surface area contributed by atoms with E-state index in [2.05, 4.69) is 22.8 Å². The summed E-state index contributed by atoms with van der Waals surface area (Å²) in [5.74, 6) is 0.433. The van der Waals surface area contributed by atoms with Gasteiger partial charge in [0.15, 0.2) is 0 Å². The lowest BCUT2D eigenvalue weighted by Crippen LogP contribution is -2.43. The lowest BCUT2D eigenvalue weighted by Gasteiger charge is -2.21. The summed E-state index contributed by atoms with van der Waals surface area (Å²) in [7, 11) is 0. The molecule has 1 atom stereocenters. The minimum Gasteiger partial charge on any atom is -0.458 e. The Morgan fingerprint density at radius 1 is 1.08 bits per heavy atom. The number of rotatable bonds is 7. The Bertz CT molecular complexity index is 823. The van der Waals surface area contributed by atoms with E-state index in [9.17, 15) is 9.90 Å². The molecule has 0 aliphatic heterocycles. The van der Waals surface area contributed by atoms with Gasteiger partial charge in [-0.05, 0) is 37.5 Å². The van der Waals surface area contributed by atoms with Crippen molar-refractivity contribution in [3.63, 3.8) is 0 Å². The van der Waals surface area contributed by atoms with Crippen molar-refractivity contribution < 1.29 is 14.3 Å². The summed E-state index contributed by atoms with van der Waals surface area (Å²) in [4.78, 5) is 11.9. The Kier molecular flexibility index (Phi) is 5.58. The number of hydrogen-bond donors (Lipinski definition) is 3. The van der Waals surface area contributed by atoms with E-state index < -0.39 is 5.60 Å². The topological polar surface area (TPSA) is 74.5 Å². The average Bonchev–Trinajstić information content (AvgIpc) is 3.10. The Balaban J connectivity index is 1.44. The van der Waals surface area contributed by atoms with Crippen LogP contribution in [0.2, 0.25) is 0 Å². The van der Waals surface area contributed by atoms with Crippen LogP contribution in [0.25, 0.3) is 11.0 Å². The molecule has 0 aliphatic carbocycles. The normalized spacial score (nSPS) is 13.3. The molecule has 2 aromatic carbocycles. The van der Waals surface area contributed by atoms with E-state index in [0.717, 1.165) is 18.2 Å². The minimum absolute atomic E-state index is 0.0668. The van der Waals surface area contributed by atoms with Crippen molar-refractivity contribution >= 4 is 17.0 Å². The van der Waals surface area contributed by atoms with Gasteiger partial charge < -0.3 is 20.2 Å². The molecule has 1 unspecified atom stereocenters. The average molecular weight is 352 g/mol. The van der Waals surface area contributed by atoms with E-state index in [1.165, 1.54) is 5.56 Å². The minimum atomic E-state index is -1.28. The molecule has 3 aromatic rings. The summed E-state index contributed by atoms with van der Waals surface area (Å²) in [6, 6.07) is 19.2. The number of fused-ring (bicyclic) bond motifs is 1. The lowest BCUT2D eigenvalue weighted by molar-refractivity contribution is 0.0383. The van der Waals surface area contributed by atoms with Crippen molar-refractivity contribution in [3.05, 3.63) is 72.0 Å². The maximum atomic E-state index is 11.9. The number of para-hydroxylation sites is 1. The molecule has 1 heterocycles. The summed E-state index contributed by atoms with van der Waals surface area (Å²) >= 11 is 0. The first-order valence-corrected chi connectivity index (χ1v) is 8.82. The van der Waals surface area contributed by atoms with E-state index in [4.69, 9.17) is 4.42 Å². The summed E-state index contributed by atoms with van der Waals surface area (Å²) < 4.78 is 5.69. The smallest absolute Gasteiger partial charge is 0.314 e. The molecule has 0 aliphatic rings. The molecule has 0 radical (unpaired) electrons. The van der Waals surface area contributed by atoms with Crippen molar-refractivity contribution in [1.29, 1.82) is 0 Å². The van der Waals surface area contributed by atoms with Crippen molar-refractivity contribution in [2.75, 3.05) is 13.1 Å². The van der Waals surface area contributed by atoms with Gasteiger partial charge in [-0.25, -0.2) is 4.79 Å². The van der Waals surface area contributed by atoms with Crippen LogP contribution < -0.4 is 10.6 Å². The zero-order chi connectivity index (χ0) is 18.4. The van der Waals surface area contributed by atoms with Crippen LogP contribution >= 0.6 is 0 Å². The number of amides is 2. The van der Waals surface area contributed by atoms with Gasteiger partial charge >= 0.3 is 6.03 Å². The Morgan fingerprint density at radius 2 is 1.81 bits per heavy atom. The predicted octanol–water partition coefficient (Wildman–Crippen LogP) is 3.57. The Labute approximate surface area is 153 Å².